The van der Waals surface area contributed by atoms with Gasteiger partial charge in [-0.05, 0) is 60.6 Å². The molecule has 144 valence electrons. The molecule has 0 amide bonds. The number of rotatable bonds is 5. The SMILES string of the molecule is CC.Cc1ccc(-c2ccc([C@H]3CCC[C@H]3CCC(C)C)cc2)cc1.O. The van der Waals surface area contributed by atoms with Crippen LogP contribution in [0.15, 0.2) is 48.5 Å². The first-order valence-electron chi connectivity index (χ1n) is 10.3. The minimum Gasteiger partial charge on any atom is -0.412 e. The van der Waals surface area contributed by atoms with E-state index in [1.165, 1.54) is 48.8 Å². The molecule has 3 rings (SSSR count). The van der Waals surface area contributed by atoms with Gasteiger partial charge < -0.3 is 5.48 Å². The molecule has 1 aliphatic carbocycles. The summed E-state index contributed by atoms with van der Waals surface area (Å²) in [6.07, 6.45) is 7.00. The van der Waals surface area contributed by atoms with Crippen LogP contribution in [0.25, 0.3) is 11.1 Å². The van der Waals surface area contributed by atoms with Crippen molar-refractivity contribution in [2.24, 2.45) is 11.8 Å². The van der Waals surface area contributed by atoms with Crippen molar-refractivity contribution >= 4 is 0 Å². The monoisotopic (exact) mass is 354 g/mol. The van der Waals surface area contributed by atoms with Crippen LogP contribution in [0.4, 0.5) is 0 Å². The molecule has 2 N–H and O–H groups in total. The Morgan fingerprint density at radius 2 is 1.38 bits per heavy atom. The topological polar surface area (TPSA) is 31.5 Å². The lowest BCUT2D eigenvalue weighted by Crippen LogP contribution is -2.07. The molecule has 26 heavy (non-hydrogen) atoms. The lowest BCUT2D eigenvalue weighted by atomic mass is 9.84. The molecule has 1 heteroatoms. The fourth-order valence-electron chi connectivity index (χ4n) is 4.04. The number of hydrogen-bond donors (Lipinski definition) is 0. The first kappa shape index (κ1) is 22.4. The van der Waals surface area contributed by atoms with Gasteiger partial charge in [-0.1, -0.05) is 94.6 Å². The first-order chi connectivity index (χ1) is 12.1. The van der Waals surface area contributed by atoms with Gasteiger partial charge in [0, 0.05) is 0 Å². The maximum Gasteiger partial charge on any atom is -0.0134 e. The summed E-state index contributed by atoms with van der Waals surface area (Å²) in [4.78, 5) is 0. The molecule has 0 aromatic heterocycles. The second-order valence-electron chi connectivity index (χ2n) is 7.76. The predicted molar refractivity (Wildman–Crippen MR) is 116 cm³/mol. The lowest BCUT2D eigenvalue weighted by Gasteiger charge is -2.21. The zero-order valence-corrected chi connectivity index (χ0v) is 17.4. The first-order valence-corrected chi connectivity index (χ1v) is 10.3. The van der Waals surface area contributed by atoms with Crippen LogP contribution < -0.4 is 0 Å². The molecule has 0 heterocycles. The van der Waals surface area contributed by atoms with E-state index in [4.69, 9.17) is 0 Å². The summed E-state index contributed by atoms with van der Waals surface area (Å²) in [5.41, 5.74) is 5.55. The van der Waals surface area contributed by atoms with Gasteiger partial charge in [-0.3, -0.25) is 0 Å². The smallest absolute Gasteiger partial charge is 0.0134 e. The van der Waals surface area contributed by atoms with Crippen molar-refractivity contribution in [2.75, 3.05) is 0 Å². The van der Waals surface area contributed by atoms with Gasteiger partial charge in [0.15, 0.2) is 0 Å². The van der Waals surface area contributed by atoms with Crippen molar-refractivity contribution in [3.8, 4) is 11.1 Å². The van der Waals surface area contributed by atoms with E-state index >= 15 is 0 Å². The highest BCUT2D eigenvalue weighted by molar-refractivity contribution is 5.64. The largest absolute Gasteiger partial charge is 0.412 e. The van der Waals surface area contributed by atoms with Crippen molar-refractivity contribution in [2.45, 2.75) is 72.6 Å². The van der Waals surface area contributed by atoms with Crippen molar-refractivity contribution in [1.29, 1.82) is 0 Å². The number of hydrogen-bond acceptors (Lipinski definition) is 0. The highest BCUT2D eigenvalue weighted by atomic mass is 16.0. The molecule has 1 aliphatic rings. The van der Waals surface area contributed by atoms with Crippen LogP contribution in [0.3, 0.4) is 0 Å². The molecule has 2 atom stereocenters. The van der Waals surface area contributed by atoms with E-state index in [0.717, 1.165) is 17.8 Å². The Morgan fingerprint density at radius 3 is 1.92 bits per heavy atom. The molecule has 0 bridgehead atoms. The Labute approximate surface area is 161 Å². The highest BCUT2D eigenvalue weighted by Gasteiger charge is 2.28. The van der Waals surface area contributed by atoms with Crippen molar-refractivity contribution in [3.05, 3.63) is 59.7 Å². The summed E-state index contributed by atoms with van der Waals surface area (Å²) in [7, 11) is 0. The Bertz CT molecular complexity index is 610. The fourth-order valence-corrected chi connectivity index (χ4v) is 4.04. The quantitative estimate of drug-likeness (QED) is 0.544. The molecule has 0 radical (unpaired) electrons. The average molecular weight is 355 g/mol. The van der Waals surface area contributed by atoms with Gasteiger partial charge in [0.1, 0.15) is 0 Å². The van der Waals surface area contributed by atoms with Crippen molar-refractivity contribution in [3.63, 3.8) is 0 Å². The zero-order valence-electron chi connectivity index (χ0n) is 17.4. The van der Waals surface area contributed by atoms with Crippen LogP contribution in [-0.2, 0) is 0 Å². The van der Waals surface area contributed by atoms with Gasteiger partial charge in [-0.25, -0.2) is 0 Å². The fraction of sp³-hybridized carbons (Fsp3) is 0.520. The average Bonchev–Trinajstić information content (AvgIpc) is 3.11. The molecule has 1 fully saturated rings. The Balaban J connectivity index is 0.00000109. The van der Waals surface area contributed by atoms with Crippen molar-refractivity contribution in [1.82, 2.24) is 0 Å². The summed E-state index contributed by atoms with van der Waals surface area (Å²) < 4.78 is 0. The Hall–Kier alpha value is -1.60. The number of aryl methyl sites for hydroxylation is 1. The van der Waals surface area contributed by atoms with Gasteiger partial charge in [0.2, 0.25) is 0 Å². The lowest BCUT2D eigenvalue weighted by molar-refractivity contribution is 0.399. The molecule has 0 unspecified atom stereocenters. The summed E-state index contributed by atoms with van der Waals surface area (Å²) in [6, 6.07) is 18.2. The van der Waals surface area contributed by atoms with Gasteiger partial charge in [-0.15, -0.1) is 0 Å². The molecule has 1 saturated carbocycles. The molecular weight excluding hydrogens is 316 g/mol. The molecular formula is C25H38O. The normalized spacial score (nSPS) is 18.8. The van der Waals surface area contributed by atoms with E-state index in [9.17, 15) is 0 Å². The van der Waals surface area contributed by atoms with Crippen LogP contribution in [0, 0.1) is 18.8 Å². The molecule has 0 saturated heterocycles. The molecule has 0 aliphatic heterocycles. The second-order valence-corrected chi connectivity index (χ2v) is 7.76. The molecule has 0 spiro atoms. The van der Waals surface area contributed by atoms with Crippen LogP contribution in [0.1, 0.15) is 76.8 Å². The zero-order chi connectivity index (χ0) is 18.2. The minimum atomic E-state index is 0. The standard InChI is InChI=1S/C23H30.C2H6.H2O/c1-17(2)7-10-21-5-4-6-23(21)22-15-13-20(14-16-22)19-11-8-18(3)9-12-19;1-2;/h8-9,11-17,21,23H,4-7,10H2,1-3H3;1-2H3;1H2/t21-,23-;;/m0../s1. The van der Waals surface area contributed by atoms with E-state index < -0.39 is 0 Å². The highest BCUT2D eigenvalue weighted by Crippen LogP contribution is 2.42. The maximum atomic E-state index is 2.38. The third kappa shape index (κ3) is 5.99. The van der Waals surface area contributed by atoms with Gasteiger partial charge in [-0.2, -0.15) is 0 Å². The van der Waals surface area contributed by atoms with Crippen LogP contribution in [0.2, 0.25) is 0 Å². The summed E-state index contributed by atoms with van der Waals surface area (Å²) in [6.45, 7) is 10.8. The van der Waals surface area contributed by atoms with E-state index in [1.807, 2.05) is 13.8 Å². The summed E-state index contributed by atoms with van der Waals surface area (Å²) in [5, 5.41) is 0. The maximum absolute atomic E-state index is 2.38. The second kappa shape index (κ2) is 11.2. The van der Waals surface area contributed by atoms with Crippen LogP contribution >= 0.6 is 0 Å². The van der Waals surface area contributed by atoms with Crippen molar-refractivity contribution < 1.29 is 5.48 Å². The van der Waals surface area contributed by atoms with Crippen LogP contribution in [-0.4, -0.2) is 5.48 Å². The number of benzene rings is 2. The Morgan fingerprint density at radius 1 is 0.846 bits per heavy atom. The van der Waals surface area contributed by atoms with E-state index in [2.05, 4.69) is 69.3 Å². The summed E-state index contributed by atoms with van der Waals surface area (Å²) in [5.74, 6) is 2.53. The van der Waals surface area contributed by atoms with E-state index in [1.54, 1.807) is 5.56 Å². The van der Waals surface area contributed by atoms with Gasteiger partial charge in [0.05, 0.1) is 0 Å². The predicted octanol–water partition coefficient (Wildman–Crippen LogP) is 7.18. The van der Waals surface area contributed by atoms with Gasteiger partial charge in [0.25, 0.3) is 0 Å². The van der Waals surface area contributed by atoms with E-state index in [0.29, 0.717) is 0 Å². The third-order valence-electron chi connectivity index (χ3n) is 5.50. The minimum absolute atomic E-state index is 0. The molecule has 1 nitrogen and oxygen atoms in total. The molecule has 2 aromatic carbocycles. The van der Waals surface area contributed by atoms with Gasteiger partial charge >= 0.3 is 0 Å². The molecule has 2 aromatic rings. The van der Waals surface area contributed by atoms with E-state index in [-0.39, 0.29) is 5.48 Å². The third-order valence-corrected chi connectivity index (χ3v) is 5.50. The van der Waals surface area contributed by atoms with Crippen LogP contribution in [0.5, 0.6) is 0 Å². The summed E-state index contributed by atoms with van der Waals surface area (Å²) >= 11 is 0. The Kier molecular flexibility index (Phi) is 9.65.